The Hall–Kier alpha value is -3.09. The zero-order valence-corrected chi connectivity index (χ0v) is 20.5. The molecule has 0 bridgehead atoms. The lowest BCUT2D eigenvalue weighted by molar-refractivity contribution is -0.127. The van der Waals surface area contributed by atoms with Gasteiger partial charge in [0, 0.05) is 31.1 Å². The first-order chi connectivity index (χ1) is 16.5. The summed E-state index contributed by atoms with van der Waals surface area (Å²) in [7, 11) is 4.91. The molecule has 2 atom stereocenters. The minimum atomic E-state index is -0.414. The predicted molar refractivity (Wildman–Crippen MR) is 134 cm³/mol. The van der Waals surface area contributed by atoms with E-state index in [9.17, 15) is 4.79 Å². The van der Waals surface area contributed by atoms with Gasteiger partial charge in [-0.25, -0.2) is 4.98 Å². The van der Waals surface area contributed by atoms with E-state index in [0.717, 1.165) is 34.7 Å². The van der Waals surface area contributed by atoms with Crippen LogP contribution in [0.2, 0.25) is 5.02 Å². The van der Waals surface area contributed by atoms with Crippen LogP contribution in [0.25, 0.3) is 0 Å². The molecular formula is C27H30ClN3O3. The fraction of sp³-hybridized carbons (Fsp3) is 0.333. The topological polar surface area (TPSA) is 63.7 Å². The lowest BCUT2D eigenvalue weighted by Crippen LogP contribution is -2.45. The van der Waals surface area contributed by atoms with Crippen molar-refractivity contribution in [2.45, 2.75) is 31.3 Å². The molecule has 0 saturated carbocycles. The summed E-state index contributed by atoms with van der Waals surface area (Å²) in [6, 6.07) is 19.4. The quantitative estimate of drug-likeness (QED) is 0.504. The van der Waals surface area contributed by atoms with Crippen LogP contribution in [0.4, 0.5) is 0 Å². The van der Waals surface area contributed by atoms with Crippen LogP contribution >= 0.6 is 11.6 Å². The highest BCUT2D eigenvalue weighted by atomic mass is 35.5. The van der Waals surface area contributed by atoms with Gasteiger partial charge in [-0.1, -0.05) is 54.1 Å². The molecule has 0 aliphatic carbocycles. The Labute approximate surface area is 205 Å². The summed E-state index contributed by atoms with van der Waals surface area (Å²) in [5, 5.41) is 3.59. The summed E-state index contributed by atoms with van der Waals surface area (Å²) in [5.74, 6) is 1.05. The Bertz CT molecular complexity index is 1120. The van der Waals surface area contributed by atoms with Gasteiger partial charge in [-0.15, -0.1) is 0 Å². The van der Waals surface area contributed by atoms with Crippen molar-refractivity contribution in [3.63, 3.8) is 0 Å². The second-order valence-electron chi connectivity index (χ2n) is 8.33. The Morgan fingerprint density at radius 1 is 1.15 bits per heavy atom. The third-order valence-corrected chi connectivity index (χ3v) is 6.66. The van der Waals surface area contributed by atoms with E-state index in [4.69, 9.17) is 26.1 Å². The normalized spacial score (nSPS) is 16.4. The fourth-order valence-corrected chi connectivity index (χ4v) is 4.86. The van der Waals surface area contributed by atoms with E-state index >= 15 is 0 Å². The average Bonchev–Trinajstić information content (AvgIpc) is 2.88. The van der Waals surface area contributed by atoms with E-state index < -0.39 is 6.04 Å². The highest BCUT2D eigenvalue weighted by Crippen LogP contribution is 2.41. The smallest absolute Gasteiger partial charge is 0.256 e. The largest absolute Gasteiger partial charge is 0.491 e. The maximum atomic E-state index is 13.2. The van der Waals surface area contributed by atoms with Crippen molar-refractivity contribution in [3.05, 3.63) is 88.1 Å². The lowest BCUT2D eigenvalue weighted by atomic mass is 9.88. The van der Waals surface area contributed by atoms with Crippen molar-refractivity contribution >= 4 is 17.5 Å². The number of fused-ring (bicyclic) bond motifs is 1. The molecule has 178 valence electrons. The third kappa shape index (κ3) is 5.03. The molecule has 0 fully saturated rings. The summed E-state index contributed by atoms with van der Waals surface area (Å²) in [5.41, 5.74) is 4.22. The van der Waals surface area contributed by atoms with Crippen LogP contribution in [-0.2, 0) is 17.6 Å². The van der Waals surface area contributed by atoms with Crippen molar-refractivity contribution in [2.75, 3.05) is 27.8 Å². The number of nitrogens with zero attached hydrogens (tertiary/aromatic N) is 2. The first-order valence-corrected chi connectivity index (χ1v) is 11.8. The van der Waals surface area contributed by atoms with E-state index in [1.165, 1.54) is 5.56 Å². The van der Waals surface area contributed by atoms with Crippen LogP contribution in [0.1, 0.15) is 40.9 Å². The molecular weight excluding hydrogens is 450 g/mol. The van der Waals surface area contributed by atoms with E-state index in [1.807, 2.05) is 48.5 Å². The van der Waals surface area contributed by atoms with Gasteiger partial charge in [0.1, 0.15) is 6.04 Å². The van der Waals surface area contributed by atoms with Gasteiger partial charge >= 0.3 is 0 Å². The summed E-state index contributed by atoms with van der Waals surface area (Å²) in [4.78, 5) is 20.2. The number of carbonyl (C=O) groups is 1. The molecule has 0 spiro atoms. The van der Waals surface area contributed by atoms with E-state index in [0.29, 0.717) is 24.6 Å². The molecule has 4 rings (SSSR count). The second-order valence-corrected chi connectivity index (χ2v) is 8.77. The number of aryl methyl sites for hydroxylation is 1. The number of pyridine rings is 1. The molecule has 1 N–H and O–H groups in total. The lowest BCUT2D eigenvalue weighted by Gasteiger charge is -2.41. The predicted octanol–water partition coefficient (Wildman–Crippen LogP) is 4.77. The zero-order valence-electron chi connectivity index (χ0n) is 19.8. The summed E-state index contributed by atoms with van der Waals surface area (Å²) < 4.78 is 11.0. The molecule has 1 aliphatic heterocycles. The van der Waals surface area contributed by atoms with E-state index in [-0.39, 0.29) is 11.9 Å². The molecule has 2 aromatic carbocycles. The van der Waals surface area contributed by atoms with Crippen molar-refractivity contribution in [2.24, 2.45) is 0 Å². The Kier molecular flexibility index (Phi) is 7.70. The van der Waals surface area contributed by atoms with Crippen LogP contribution in [0.15, 0.2) is 60.7 Å². The van der Waals surface area contributed by atoms with Gasteiger partial charge in [-0.3, -0.25) is 9.69 Å². The number of halogens is 1. The number of likely N-dealkylation sites (N-methyl/N-ethyl adjacent to an activating group) is 1. The van der Waals surface area contributed by atoms with E-state index in [2.05, 4.69) is 22.3 Å². The number of rotatable bonds is 8. The number of hydrogen-bond acceptors (Lipinski definition) is 5. The molecule has 6 nitrogen and oxygen atoms in total. The Morgan fingerprint density at radius 2 is 1.88 bits per heavy atom. The molecule has 1 aliphatic rings. The Balaban J connectivity index is 1.76. The van der Waals surface area contributed by atoms with Crippen LogP contribution in [0.3, 0.4) is 0 Å². The molecule has 34 heavy (non-hydrogen) atoms. The van der Waals surface area contributed by atoms with E-state index in [1.54, 1.807) is 21.3 Å². The summed E-state index contributed by atoms with van der Waals surface area (Å²) >= 11 is 6.09. The minimum absolute atomic E-state index is 0.0282. The van der Waals surface area contributed by atoms with Gasteiger partial charge in [-0.05, 0) is 47.7 Å². The van der Waals surface area contributed by atoms with Crippen LogP contribution < -0.4 is 14.8 Å². The minimum Gasteiger partial charge on any atom is -0.491 e. The number of aromatic nitrogens is 1. The maximum absolute atomic E-state index is 13.2. The van der Waals surface area contributed by atoms with Crippen LogP contribution in [-0.4, -0.2) is 43.6 Å². The molecule has 1 aromatic heterocycles. The maximum Gasteiger partial charge on any atom is 0.256 e. The zero-order chi connectivity index (χ0) is 24.1. The SMILES string of the molecule is CNC(=O)C(c1ccccc1)N1CCc2nc(OC)c(OC)cc2[C@@H]1CCc1ccc(Cl)cc1. The molecule has 0 radical (unpaired) electrons. The van der Waals surface area contributed by atoms with Crippen molar-refractivity contribution < 1.29 is 14.3 Å². The van der Waals surface area contributed by atoms with Crippen LogP contribution in [0.5, 0.6) is 11.6 Å². The van der Waals surface area contributed by atoms with Gasteiger partial charge in [0.15, 0.2) is 5.75 Å². The first kappa shape index (κ1) is 24.0. The number of carbonyl (C=O) groups excluding carboxylic acids is 1. The second kappa shape index (κ2) is 10.9. The number of nitrogens with one attached hydrogen (secondary N) is 1. The Morgan fingerprint density at radius 3 is 2.53 bits per heavy atom. The monoisotopic (exact) mass is 479 g/mol. The number of hydrogen-bond donors (Lipinski definition) is 1. The molecule has 1 amide bonds. The van der Waals surface area contributed by atoms with Gasteiger partial charge in [-0.2, -0.15) is 0 Å². The number of ether oxygens (including phenoxy) is 2. The first-order valence-electron chi connectivity index (χ1n) is 11.4. The highest BCUT2D eigenvalue weighted by molar-refractivity contribution is 6.30. The average molecular weight is 480 g/mol. The van der Waals surface area contributed by atoms with Gasteiger partial charge < -0.3 is 14.8 Å². The van der Waals surface area contributed by atoms with Gasteiger partial charge in [0.25, 0.3) is 5.88 Å². The van der Waals surface area contributed by atoms with Crippen LogP contribution in [0, 0.1) is 0 Å². The van der Waals surface area contributed by atoms with Crippen molar-refractivity contribution in [1.29, 1.82) is 0 Å². The van der Waals surface area contributed by atoms with Gasteiger partial charge in [0.05, 0.1) is 19.9 Å². The molecule has 0 saturated heterocycles. The highest BCUT2D eigenvalue weighted by Gasteiger charge is 2.37. The number of benzene rings is 2. The van der Waals surface area contributed by atoms with Crippen molar-refractivity contribution in [1.82, 2.24) is 15.2 Å². The van der Waals surface area contributed by atoms with Crippen molar-refractivity contribution in [3.8, 4) is 11.6 Å². The number of amides is 1. The third-order valence-electron chi connectivity index (χ3n) is 6.41. The van der Waals surface area contributed by atoms with Gasteiger partial charge in [0.2, 0.25) is 5.91 Å². The summed E-state index contributed by atoms with van der Waals surface area (Å²) in [6.07, 6.45) is 2.36. The molecule has 3 aromatic rings. The standard InChI is InChI=1S/C27H30ClN3O3/c1-29-26(32)25(19-7-5-4-6-8-19)31-16-15-22-21(17-24(33-2)27(30-22)34-3)23(31)14-11-18-9-12-20(28)13-10-18/h4-10,12-13,17,23,25H,11,14-16H2,1-3H3,(H,29,32)/t23-,25?/m0/s1. The fourth-order valence-electron chi connectivity index (χ4n) is 4.73. The molecule has 1 unspecified atom stereocenters. The molecule has 7 heteroatoms. The number of methoxy groups -OCH3 is 2. The molecule has 2 heterocycles. The summed E-state index contributed by atoms with van der Waals surface area (Å²) in [6.45, 7) is 0.702.